The minimum absolute atomic E-state index is 0.0481. The van der Waals surface area contributed by atoms with Crippen LogP contribution in [-0.2, 0) is 0 Å². The fourth-order valence-electron chi connectivity index (χ4n) is 1.84. The number of nitro benzene ring substituents is 1. The molecule has 0 aliphatic carbocycles. The minimum Gasteiger partial charge on any atom is -0.321 e. The first kappa shape index (κ1) is 14.9. The first-order chi connectivity index (χ1) is 9.88. The van der Waals surface area contributed by atoms with E-state index in [0.717, 1.165) is 5.56 Å². The van der Waals surface area contributed by atoms with Gasteiger partial charge >= 0.3 is 0 Å². The van der Waals surface area contributed by atoms with Crippen LogP contribution >= 0.6 is 11.6 Å². The lowest BCUT2D eigenvalue weighted by atomic mass is 10.1. The predicted molar refractivity (Wildman–Crippen MR) is 79.8 cm³/mol. The summed E-state index contributed by atoms with van der Waals surface area (Å²) in [7, 11) is 0. The van der Waals surface area contributed by atoms with Crippen molar-refractivity contribution in [2.75, 3.05) is 5.32 Å². The number of carbonyl (C=O) groups is 1. The monoisotopic (exact) mass is 305 g/mol. The predicted octanol–water partition coefficient (Wildman–Crippen LogP) is 3.51. The summed E-state index contributed by atoms with van der Waals surface area (Å²) < 4.78 is 0. The van der Waals surface area contributed by atoms with Crippen molar-refractivity contribution in [2.24, 2.45) is 0 Å². The Kier molecular flexibility index (Phi) is 4.18. The average molecular weight is 306 g/mol. The second-order valence-corrected chi connectivity index (χ2v) is 4.90. The van der Waals surface area contributed by atoms with Crippen LogP contribution in [0.25, 0.3) is 0 Å². The quantitative estimate of drug-likeness (QED) is 0.534. The lowest BCUT2D eigenvalue weighted by Crippen LogP contribution is -2.13. The number of nitrogens with zero attached hydrogens (tertiary/aromatic N) is 2. The number of non-ortho nitro benzene ring substituents is 1. The normalized spacial score (nSPS) is 10.2. The number of amides is 1. The molecular formula is C14H12ClN3O3. The Morgan fingerprint density at radius 1 is 1.29 bits per heavy atom. The summed E-state index contributed by atoms with van der Waals surface area (Å²) in [5.74, 6) is -0.356. The molecule has 0 saturated heterocycles. The van der Waals surface area contributed by atoms with E-state index in [1.807, 2.05) is 0 Å². The number of carbonyl (C=O) groups excluding carboxylic acids is 1. The lowest BCUT2D eigenvalue weighted by molar-refractivity contribution is -0.384. The summed E-state index contributed by atoms with van der Waals surface area (Å²) in [6, 6.07) is 5.79. The maximum Gasteiger partial charge on any atom is 0.269 e. The molecule has 21 heavy (non-hydrogen) atoms. The van der Waals surface area contributed by atoms with Gasteiger partial charge in [0.05, 0.1) is 16.8 Å². The summed E-state index contributed by atoms with van der Waals surface area (Å²) in [5, 5.41) is 13.7. The highest BCUT2D eigenvalue weighted by molar-refractivity contribution is 6.30. The van der Waals surface area contributed by atoms with Crippen molar-refractivity contribution in [3.05, 3.63) is 62.4 Å². The van der Waals surface area contributed by atoms with Gasteiger partial charge in [-0.2, -0.15) is 0 Å². The van der Waals surface area contributed by atoms with Gasteiger partial charge in [-0.15, -0.1) is 0 Å². The molecule has 0 bridgehead atoms. The van der Waals surface area contributed by atoms with Crippen LogP contribution < -0.4 is 5.32 Å². The zero-order valence-electron chi connectivity index (χ0n) is 11.4. The topological polar surface area (TPSA) is 85.1 Å². The van der Waals surface area contributed by atoms with E-state index in [2.05, 4.69) is 10.3 Å². The number of aromatic nitrogens is 1. The van der Waals surface area contributed by atoms with Crippen LogP contribution in [0.1, 0.15) is 21.5 Å². The number of pyridine rings is 1. The molecule has 1 N–H and O–H groups in total. The Morgan fingerprint density at radius 2 is 2.00 bits per heavy atom. The van der Waals surface area contributed by atoms with Crippen LogP contribution in [0.5, 0.6) is 0 Å². The summed E-state index contributed by atoms with van der Waals surface area (Å²) in [6.45, 7) is 3.43. The first-order valence-corrected chi connectivity index (χ1v) is 6.45. The van der Waals surface area contributed by atoms with Crippen molar-refractivity contribution < 1.29 is 9.72 Å². The van der Waals surface area contributed by atoms with Crippen molar-refractivity contribution in [2.45, 2.75) is 13.8 Å². The molecule has 108 valence electrons. The number of rotatable bonds is 3. The van der Waals surface area contributed by atoms with E-state index in [0.29, 0.717) is 22.0 Å². The van der Waals surface area contributed by atoms with Gasteiger partial charge in [-0.05, 0) is 37.1 Å². The highest BCUT2D eigenvalue weighted by Crippen LogP contribution is 2.20. The van der Waals surface area contributed by atoms with E-state index in [1.165, 1.54) is 24.4 Å². The molecule has 1 heterocycles. The van der Waals surface area contributed by atoms with Crippen LogP contribution in [0, 0.1) is 24.0 Å². The molecule has 1 aromatic heterocycles. The Bertz CT molecular complexity index is 731. The maximum absolute atomic E-state index is 12.2. The van der Waals surface area contributed by atoms with Gasteiger partial charge in [0, 0.05) is 17.7 Å². The molecule has 2 aromatic rings. The van der Waals surface area contributed by atoms with Gasteiger partial charge in [0.2, 0.25) is 0 Å². The van der Waals surface area contributed by atoms with Crippen molar-refractivity contribution in [1.82, 2.24) is 4.98 Å². The number of halogens is 1. The third-order valence-electron chi connectivity index (χ3n) is 2.94. The SMILES string of the molecule is Cc1cc([N+](=O)[O-])ccc1C(=O)Nc1cnc(Cl)c(C)c1. The van der Waals surface area contributed by atoms with Crippen LogP contribution in [0.15, 0.2) is 30.5 Å². The third-order valence-corrected chi connectivity index (χ3v) is 3.33. The fourth-order valence-corrected chi connectivity index (χ4v) is 1.94. The zero-order valence-corrected chi connectivity index (χ0v) is 12.1. The Morgan fingerprint density at radius 3 is 2.57 bits per heavy atom. The molecule has 0 unspecified atom stereocenters. The Labute approximate surface area is 125 Å². The maximum atomic E-state index is 12.2. The number of hydrogen-bond donors (Lipinski definition) is 1. The summed E-state index contributed by atoms with van der Waals surface area (Å²) in [5.41, 5.74) is 2.11. The molecule has 0 aliphatic rings. The van der Waals surface area contributed by atoms with Crippen LogP contribution in [-0.4, -0.2) is 15.8 Å². The van der Waals surface area contributed by atoms with Gasteiger partial charge in [-0.25, -0.2) is 4.98 Å². The second kappa shape index (κ2) is 5.88. The summed E-state index contributed by atoms with van der Waals surface area (Å²) in [6.07, 6.45) is 1.45. The highest BCUT2D eigenvalue weighted by Gasteiger charge is 2.14. The number of anilines is 1. The number of aryl methyl sites for hydroxylation is 2. The standard InChI is InChI=1S/C14H12ClN3O3/c1-8-6-11(18(20)21)3-4-12(8)14(19)17-10-5-9(2)13(15)16-7-10/h3-7H,1-2H3,(H,17,19). The molecule has 6 nitrogen and oxygen atoms in total. The largest absolute Gasteiger partial charge is 0.321 e. The van der Waals surface area contributed by atoms with E-state index < -0.39 is 4.92 Å². The van der Waals surface area contributed by atoms with E-state index in [1.54, 1.807) is 19.9 Å². The van der Waals surface area contributed by atoms with Gasteiger partial charge in [0.1, 0.15) is 5.15 Å². The van der Waals surface area contributed by atoms with E-state index >= 15 is 0 Å². The first-order valence-electron chi connectivity index (χ1n) is 6.07. The fraction of sp³-hybridized carbons (Fsp3) is 0.143. The number of nitrogens with one attached hydrogen (secondary N) is 1. The van der Waals surface area contributed by atoms with Crippen LogP contribution in [0.4, 0.5) is 11.4 Å². The molecular weight excluding hydrogens is 294 g/mol. The molecule has 0 fully saturated rings. The summed E-state index contributed by atoms with van der Waals surface area (Å²) >= 11 is 5.82. The third kappa shape index (κ3) is 3.35. The molecule has 0 radical (unpaired) electrons. The molecule has 0 atom stereocenters. The van der Waals surface area contributed by atoms with Gasteiger partial charge in [0.25, 0.3) is 11.6 Å². The van der Waals surface area contributed by atoms with Gasteiger partial charge in [0.15, 0.2) is 0 Å². The number of hydrogen-bond acceptors (Lipinski definition) is 4. The molecule has 1 amide bonds. The van der Waals surface area contributed by atoms with Gasteiger partial charge < -0.3 is 5.32 Å². The van der Waals surface area contributed by atoms with Crippen LogP contribution in [0.2, 0.25) is 5.15 Å². The molecule has 0 saturated carbocycles. The van der Waals surface area contributed by atoms with Gasteiger partial charge in [-0.3, -0.25) is 14.9 Å². The average Bonchev–Trinajstić information content (AvgIpc) is 2.42. The Balaban J connectivity index is 2.24. The number of nitro groups is 1. The second-order valence-electron chi connectivity index (χ2n) is 4.54. The van der Waals surface area contributed by atoms with E-state index in [-0.39, 0.29) is 11.6 Å². The minimum atomic E-state index is -0.499. The zero-order chi connectivity index (χ0) is 15.6. The highest BCUT2D eigenvalue weighted by atomic mass is 35.5. The molecule has 7 heteroatoms. The van der Waals surface area contributed by atoms with Crippen molar-refractivity contribution in [3.63, 3.8) is 0 Å². The van der Waals surface area contributed by atoms with Crippen LogP contribution in [0.3, 0.4) is 0 Å². The lowest BCUT2D eigenvalue weighted by Gasteiger charge is -2.08. The van der Waals surface area contributed by atoms with Crippen molar-refractivity contribution in [3.8, 4) is 0 Å². The smallest absolute Gasteiger partial charge is 0.269 e. The summed E-state index contributed by atoms with van der Waals surface area (Å²) in [4.78, 5) is 26.3. The van der Waals surface area contributed by atoms with Gasteiger partial charge in [-0.1, -0.05) is 11.6 Å². The molecule has 0 spiro atoms. The molecule has 1 aromatic carbocycles. The molecule has 0 aliphatic heterocycles. The number of benzene rings is 1. The molecule has 2 rings (SSSR count). The van der Waals surface area contributed by atoms with Crippen molar-refractivity contribution in [1.29, 1.82) is 0 Å². The van der Waals surface area contributed by atoms with Crippen molar-refractivity contribution >= 4 is 28.9 Å². The van der Waals surface area contributed by atoms with E-state index in [4.69, 9.17) is 11.6 Å². The van der Waals surface area contributed by atoms with E-state index in [9.17, 15) is 14.9 Å². The Hall–Kier alpha value is -2.47.